The number of aryl methyl sites for hydroxylation is 1. The van der Waals surface area contributed by atoms with Crippen LogP contribution in [-0.2, 0) is 6.42 Å². The van der Waals surface area contributed by atoms with Gasteiger partial charge in [-0.3, -0.25) is 0 Å². The van der Waals surface area contributed by atoms with Gasteiger partial charge in [-0.1, -0.05) is 25.1 Å². The van der Waals surface area contributed by atoms with Gasteiger partial charge in [-0.15, -0.1) is 0 Å². The van der Waals surface area contributed by atoms with Crippen molar-refractivity contribution in [3.8, 4) is 0 Å². The van der Waals surface area contributed by atoms with Crippen LogP contribution in [0.3, 0.4) is 0 Å². The van der Waals surface area contributed by atoms with Crippen LogP contribution < -0.4 is 10.6 Å². The second-order valence-electron chi connectivity index (χ2n) is 6.78. The first kappa shape index (κ1) is 13.0. The maximum absolute atomic E-state index is 6.23. The molecule has 0 saturated heterocycles. The largest absolute Gasteiger partial charge is 0.364 e. The fourth-order valence-electron chi connectivity index (χ4n) is 3.61. The predicted molar refractivity (Wildman–Crippen MR) is 81.5 cm³/mol. The summed E-state index contributed by atoms with van der Waals surface area (Å²) in [6.45, 7) is 6.69. The van der Waals surface area contributed by atoms with Crippen molar-refractivity contribution in [1.82, 2.24) is 0 Å². The van der Waals surface area contributed by atoms with E-state index in [0.717, 1.165) is 13.1 Å². The Kier molecular flexibility index (Phi) is 3.09. The van der Waals surface area contributed by atoms with Crippen LogP contribution in [0.4, 0.5) is 5.69 Å². The van der Waals surface area contributed by atoms with Gasteiger partial charge < -0.3 is 10.6 Å². The van der Waals surface area contributed by atoms with Crippen LogP contribution in [0.1, 0.15) is 45.1 Å². The van der Waals surface area contributed by atoms with Crippen molar-refractivity contribution in [2.45, 2.75) is 51.5 Å². The van der Waals surface area contributed by atoms with Crippen molar-refractivity contribution in [3.63, 3.8) is 0 Å². The highest BCUT2D eigenvalue weighted by atomic mass is 15.2. The highest BCUT2D eigenvalue weighted by molar-refractivity contribution is 5.57. The van der Waals surface area contributed by atoms with Crippen molar-refractivity contribution in [1.29, 1.82) is 0 Å². The molecule has 19 heavy (non-hydrogen) atoms. The summed E-state index contributed by atoms with van der Waals surface area (Å²) in [5.41, 5.74) is 9.67. The molecule has 0 amide bonds. The summed E-state index contributed by atoms with van der Waals surface area (Å²) < 4.78 is 0. The number of nitrogens with two attached hydrogens (primary N) is 1. The first-order chi connectivity index (χ1) is 9.11. The highest BCUT2D eigenvalue weighted by Crippen LogP contribution is 2.56. The van der Waals surface area contributed by atoms with Crippen LogP contribution in [0.25, 0.3) is 0 Å². The van der Waals surface area contributed by atoms with E-state index in [9.17, 15) is 0 Å². The van der Waals surface area contributed by atoms with Gasteiger partial charge in [-0.25, -0.2) is 0 Å². The lowest BCUT2D eigenvalue weighted by Crippen LogP contribution is -2.57. The molecule has 1 aliphatic heterocycles. The minimum absolute atomic E-state index is 0.105. The number of fused-ring (bicyclic) bond motifs is 1. The zero-order valence-corrected chi connectivity index (χ0v) is 12.3. The average molecular weight is 258 g/mol. The summed E-state index contributed by atoms with van der Waals surface area (Å²) in [5, 5.41) is 0. The van der Waals surface area contributed by atoms with E-state index in [0.29, 0.717) is 5.41 Å². The fourth-order valence-corrected chi connectivity index (χ4v) is 3.61. The zero-order valence-electron chi connectivity index (χ0n) is 12.3. The fraction of sp³-hybridized carbons (Fsp3) is 0.647. The van der Waals surface area contributed by atoms with Gasteiger partial charge in [0.2, 0.25) is 0 Å². The second-order valence-corrected chi connectivity index (χ2v) is 6.78. The van der Waals surface area contributed by atoms with Gasteiger partial charge >= 0.3 is 0 Å². The molecule has 0 radical (unpaired) electrons. The Labute approximate surface area is 117 Å². The number of nitrogens with zero attached hydrogens (tertiary/aromatic N) is 1. The first-order valence-electron chi connectivity index (χ1n) is 7.66. The number of benzene rings is 1. The maximum atomic E-state index is 6.23. The lowest BCUT2D eigenvalue weighted by molar-refractivity contribution is 0.277. The van der Waals surface area contributed by atoms with Gasteiger partial charge in [0.15, 0.2) is 0 Å². The Balaban J connectivity index is 2.04. The molecule has 2 nitrogen and oxygen atoms in total. The molecule has 2 aliphatic rings. The number of anilines is 1. The number of hydrogen-bond acceptors (Lipinski definition) is 2. The second kappa shape index (κ2) is 4.52. The van der Waals surface area contributed by atoms with E-state index < -0.39 is 0 Å². The van der Waals surface area contributed by atoms with Crippen molar-refractivity contribution in [3.05, 3.63) is 29.8 Å². The monoisotopic (exact) mass is 258 g/mol. The molecule has 2 N–H and O–H groups in total. The highest BCUT2D eigenvalue weighted by Gasteiger charge is 2.55. The zero-order chi connectivity index (χ0) is 13.5. The molecule has 1 aromatic carbocycles. The van der Waals surface area contributed by atoms with E-state index in [2.05, 4.69) is 43.0 Å². The van der Waals surface area contributed by atoms with Gasteiger partial charge in [0.1, 0.15) is 0 Å². The summed E-state index contributed by atoms with van der Waals surface area (Å²) in [7, 11) is 0. The maximum Gasteiger partial charge on any atom is 0.0549 e. The normalized spacial score (nSPS) is 24.3. The third-order valence-corrected chi connectivity index (χ3v) is 5.65. The standard InChI is InChI=1S/C17H26N2/c1-16(10-11-16)17(2,13-18)19-12-6-5-8-14-7-3-4-9-15(14)19/h3-4,7,9H,5-6,8,10-13,18H2,1-2H3. The lowest BCUT2D eigenvalue weighted by atomic mass is 9.81. The molecule has 1 atom stereocenters. The number of hydrogen-bond donors (Lipinski definition) is 1. The summed E-state index contributed by atoms with van der Waals surface area (Å²) >= 11 is 0. The molecule has 2 heteroatoms. The predicted octanol–water partition coefficient (Wildman–Crippen LogP) is 3.35. The topological polar surface area (TPSA) is 29.3 Å². The van der Waals surface area contributed by atoms with Gasteiger partial charge in [0, 0.05) is 18.8 Å². The minimum Gasteiger partial charge on any atom is -0.364 e. The number of rotatable bonds is 3. The van der Waals surface area contributed by atoms with E-state index in [1.165, 1.54) is 43.4 Å². The van der Waals surface area contributed by atoms with E-state index in [4.69, 9.17) is 5.73 Å². The van der Waals surface area contributed by atoms with Gasteiger partial charge in [0.05, 0.1) is 5.54 Å². The molecule has 0 spiro atoms. The molecular weight excluding hydrogens is 232 g/mol. The SMILES string of the molecule is CC1(C(C)(CN)N2CCCCc3ccccc32)CC1. The molecule has 104 valence electrons. The van der Waals surface area contributed by atoms with Crippen LogP contribution in [0.15, 0.2) is 24.3 Å². The third-order valence-electron chi connectivity index (χ3n) is 5.65. The van der Waals surface area contributed by atoms with E-state index in [1.807, 2.05) is 0 Å². The Bertz CT molecular complexity index is 464. The smallest absolute Gasteiger partial charge is 0.0549 e. The molecule has 1 heterocycles. The van der Waals surface area contributed by atoms with Gasteiger partial charge in [0.25, 0.3) is 0 Å². The summed E-state index contributed by atoms with van der Waals surface area (Å²) in [6.07, 6.45) is 6.42. The molecule has 0 aromatic heterocycles. The molecular formula is C17H26N2. The van der Waals surface area contributed by atoms with E-state index in [1.54, 1.807) is 0 Å². The molecule has 0 bridgehead atoms. The summed E-state index contributed by atoms with van der Waals surface area (Å²) in [6, 6.07) is 8.92. The Morgan fingerprint density at radius 3 is 2.68 bits per heavy atom. The van der Waals surface area contributed by atoms with E-state index in [-0.39, 0.29) is 5.54 Å². The quantitative estimate of drug-likeness (QED) is 0.901. The van der Waals surface area contributed by atoms with E-state index >= 15 is 0 Å². The van der Waals surface area contributed by atoms with Crippen molar-refractivity contribution in [2.75, 3.05) is 18.0 Å². The van der Waals surface area contributed by atoms with Crippen molar-refractivity contribution in [2.24, 2.45) is 11.1 Å². The van der Waals surface area contributed by atoms with Crippen LogP contribution in [0, 0.1) is 5.41 Å². The van der Waals surface area contributed by atoms with Crippen LogP contribution in [0.2, 0.25) is 0 Å². The lowest BCUT2D eigenvalue weighted by Gasteiger charge is -2.47. The van der Waals surface area contributed by atoms with Gasteiger partial charge in [-0.2, -0.15) is 0 Å². The molecule has 1 saturated carbocycles. The molecule has 1 aliphatic carbocycles. The van der Waals surface area contributed by atoms with Crippen LogP contribution in [-0.4, -0.2) is 18.6 Å². The minimum atomic E-state index is 0.105. The first-order valence-corrected chi connectivity index (χ1v) is 7.66. The van der Waals surface area contributed by atoms with Crippen LogP contribution >= 0.6 is 0 Å². The average Bonchev–Trinajstić information content (AvgIpc) is 3.21. The van der Waals surface area contributed by atoms with Crippen molar-refractivity contribution >= 4 is 5.69 Å². The Morgan fingerprint density at radius 2 is 2.00 bits per heavy atom. The number of para-hydroxylation sites is 1. The molecule has 1 aromatic rings. The molecule has 1 unspecified atom stereocenters. The third kappa shape index (κ3) is 1.97. The van der Waals surface area contributed by atoms with Gasteiger partial charge in [-0.05, 0) is 56.1 Å². The summed E-state index contributed by atoms with van der Waals surface area (Å²) in [4.78, 5) is 2.63. The molecule has 1 fully saturated rings. The van der Waals surface area contributed by atoms with Crippen LogP contribution in [0.5, 0.6) is 0 Å². The summed E-state index contributed by atoms with van der Waals surface area (Å²) in [5.74, 6) is 0. The Morgan fingerprint density at radius 1 is 1.26 bits per heavy atom. The van der Waals surface area contributed by atoms with Crippen molar-refractivity contribution < 1.29 is 0 Å². The Hall–Kier alpha value is -1.02. The molecule has 3 rings (SSSR count).